The fourth-order valence-electron chi connectivity index (χ4n) is 1.99. The van der Waals surface area contributed by atoms with E-state index in [2.05, 4.69) is 36.9 Å². The van der Waals surface area contributed by atoms with Crippen molar-refractivity contribution in [3.05, 3.63) is 16.2 Å². The Morgan fingerprint density at radius 1 is 1.27 bits per heavy atom. The van der Waals surface area contributed by atoms with Gasteiger partial charge in [0.1, 0.15) is 17.0 Å². The normalized spacial score (nSPS) is 16.5. The minimum atomic E-state index is 1.07. The average Bonchev–Trinajstić information content (AvgIpc) is 2.82. The third-order valence-electron chi connectivity index (χ3n) is 2.68. The Morgan fingerprint density at radius 2 is 2.07 bits per heavy atom. The van der Waals surface area contributed by atoms with Gasteiger partial charge in [-0.1, -0.05) is 0 Å². The standard InChI is InChI=1S/C10H10BrN3S/c11-8-5-7-9(14-3-1-2-4-14)12-6-13-10(7)15-8/h5-6H,1-4H2. The van der Waals surface area contributed by atoms with Crippen molar-refractivity contribution in [2.45, 2.75) is 12.8 Å². The number of anilines is 1. The second kappa shape index (κ2) is 3.72. The van der Waals surface area contributed by atoms with Gasteiger partial charge in [0.25, 0.3) is 0 Å². The predicted molar refractivity (Wildman–Crippen MR) is 66.6 cm³/mol. The van der Waals surface area contributed by atoms with Crippen LogP contribution in [0.1, 0.15) is 12.8 Å². The molecule has 3 rings (SSSR count). The first-order valence-electron chi connectivity index (χ1n) is 4.99. The summed E-state index contributed by atoms with van der Waals surface area (Å²) in [6, 6.07) is 2.12. The topological polar surface area (TPSA) is 29.0 Å². The van der Waals surface area contributed by atoms with Crippen LogP contribution >= 0.6 is 27.3 Å². The zero-order valence-electron chi connectivity index (χ0n) is 8.11. The van der Waals surface area contributed by atoms with Crippen molar-refractivity contribution in [2.24, 2.45) is 0 Å². The van der Waals surface area contributed by atoms with E-state index in [4.69, 9.17) is 0 Å². The summed E-state index contributed by atoms with van der Waals surface area (Å²) in [6.45, 7) is 2.25. The molecule has 5 heteroatoms. The van der Waals surface area contributed by atoms with Crippen molar-refractivity contribution >= 4 is 43.3 Å². The summed E-state index contributed by atoms with van der Waals surface area (Å²) in [5.41, 5.74) is 0. The Morgan fingerprint density at radius 3 is 2.87 bits per heavy atom. The van der Waals surface area contributed by atoms with E-state index < -0.39 is 0 Å². The minimum absolute atomic E-state index is 1.07. The van der Waals surface area contributed by atoms with E-state index in [1.54, 1.807) is 17.7 Å². The smallest absolute Gasteiger partial charge is 0.140 e. The molecule has 0 atom stereocenters. The van der Waals surface area contributed by atoms with Crippen molar-refractivity contribution in [3.8, 4) is 0 Å². The van der Waals surface area contributed by atoms with E-state index in [0.717, 1.165) is 27.5 Å². The van der Waals surface area contributed by atoms with Crippen LogP contribution in [0, 0.1) is 0 Å². The number of rotatable bonds is 1. The molecular weight excluding hydrogens is 274 g/mol. The lowest BCUT2D eigenvalue weighted by Gasteiger charge is -2.16. The van der Waals surface area contributed by atoms with Gasteiger partial charge in [-0.3, -0.25) is 0 Å². The molecule has 1 fully saturated rings. The second-order valence-corrected chi connectivity index (χ2v) is 6.07. The number of hydrogen-bond acceptors (Lipinski definition) is 4. The second-order valence-electron chi connectivity index (χ2n) is 3.66. The van der Waals surface area contributed by atoms with E-state index >= 15 is 0 Å². The van der Waals surface area contributed by atoms with Gasteiger partial charge in [0, 0.05) is 13.1 Å². The molecular formula is C10H10BrN3S. The molecule has 2 aromatic heterocycles. The summed E-state index contributed by atoms with van der Waals surface area (Å²) in [5.74, 6) is 1.10. The molecule has 3 heterocycles. The van der Waals surface area contributed by atoms with Crippen LogP contribution in [0.15, 0.2) is 16.2 Å². The Labute approximate surface area is 100 Å². The molecule has 0 aromatic carbocycles. The van der Waals surface area contributed by atoms with E-state index in [0.29, 0.717) is 0 Å². The highest BCUT2D eigenvalue weighted by Crippen LogP contribution is 2.34. The maximum Gasteiger partial charge on any atom is 0.140 e. The van der Waals surface area contributed by atoms with Gasteiger partial charge in [-0.15, -0.1) is 11.3 Å². The third kappa shape index (κ3) is 1.63. The fraction of sp³-hybridized carbons (Fsp3) is 0.400. The Hall–Kier alpha value is -0.680. The summed E-state index contributed by atoms with van der Waals surface area (Å²) in [7, 11) is 0. The molecule has 0 aliphatic carbocycles. The van der Waals surface area contributed by atoms with Crippen LogP contribution in [0.25, 0.3) is 10.2 Å². The van der Waals surface area contributed by atoms with Gasteiger partial charge in [0.05, 0.1) is 9.17 Å². The quantitative estimate of drug-likeness (QED) is 0.806. The number of thiophene rings is 1. The lowest BCUT2D eigenvalue weighted by molar-refractivity contribution is 0.940. The van der Waals surface area contributed by atoms with Crippen LogP contribution in [-0.4, -0.2) is 23.1 Å². The first-order chi connectivity index (χ1) is 7.34. The van der Waals surface area contributed by atoms with Gasteiger partial charge in [0.15, 0.2) is 0 Å². The monoisotopic (exact) mass is 283 g/mol. The molecule has 78 valence electrons. The lowest BCUT2D eigenvalue weighted by atomic mass is 10.3. The van der Waals surface area contributed by atoms with Crippen molar-refractivity contribution in [1.29, 1.82) is 0 Å². The molecule has 0 N–H and O–H groups in total. The maximum absolute atomic E-state index is 4.40. The highest BCUT2D eigenvalue weighted by Gasteiger charge is 2.17. The molecule has 0 bridgehead atoms. The Balaban J connectivity index is 2.16. The minimum Gasteiger partial charge on any atom is -0.356 e. The molecule has 1 saturated heterocycles. The Kier molecular flexibility index (Phi) is 2.36. The van der Waals surface area contributed by atoms with Crippen LogP contribution in [0.2, 0.25) is 0 Å². The highest BCUT2D eigenvalue weighted by atomic mass is 79.9. The number of aromatic nitrogens is 2. The predicted octanol–water partition coefficient (Wildman–Crippen LogP) is 3.05. The van der Waals surface area contributed by atoms with Crippen LogP contribution in [-0.2, 0) is 0 Å². The summed E-state index contributed by atoms with van der Waals surface area (Å²) >= 11 is 5.16. The molecule has 0 unspecified atom stereocenters. The molecule has 0 amide bonds. The molecule has 1 aliphatic rings. The van der Waals surface area contributed by atoms with Crippen molar-refractivity contribution in [2.75, 3.05) is 18.0 Å². The molecule has 3 nitrogen and oxygen atoms in total. The van der Waals surface area contributed by atoms with Crippen LogP contribution in [0.4, 0.5) is 5.82 Å². The molecule has 1 aliphatic heterocycles. The maximum atomic E-state index is 4.40. The number of hydrogen-bond donors (Lipinski definition) is 0. The number of halogens is 1. The van der Waals surface area contributed by atoms with Gasteiger partial charge >= 0.3 is 0 Å². The number of nitrogens with zero attached hydrogens (tertiary/aromatic N) is 3. The van der Waals surface area contributed by atoms with Gasteiger partial charge in [-0.05, 0) is 34.8 Å². The lowest BCUT2D eigenvalue weighted by Crippen LogP contribution is -2.19. The van der Waals surface area contributed by atoms with Gasteiger partial charge < -0.3 is 4.90 Å². The third-order valence-corrected chi connectivity index (χ3v) is 4.23. The van der Waals surface area contributed by atoms with E-state index in [1.807, 2.05) is 0 Å². The van der Waals surface area contributed by atoms with Gasteiger partial charge in [-0.25, -0.2) is 9.97 Å². The van der Waals surface area contributed by atoms with Crippen LogP contribution in [0.5, 0.6) is 0 Å². The Bertz CT molecular complexity index is 490. The summed E-state index contributed by atoms with van der Waals surface area (Å²) in [5, 5.41) is 1.18. The van der Waals surface area contributed by atoms with Crippen molar-refractivity contribution in [1.82, 2.24) is 9.97 Å². The zero-order chi connectivity index (χ0) is 10.3. The molecule has 0 spiro atoms. The zero-order valence-corrected chi connectivity index (χ0v) is 10.5. The molecule has 0 saturated carbocycles. The van der Waals surface area contributed by atoms with Gasteiger partial charge in [-0.2, -0.15) is 0 Å². The molecule has 0 radical (unpaired) electrons. The van der Waals surface area contributed by atoms with Crippen molar-refractivity contribution < 1.29 is 0 Å². The van der Waals surface area contributed by atoms with Crippen molar-refractivity contribution in [3.63, 3.8) is 0 Å². The van der Waals surface area contributed by atoms with E-state index in [9.17, 15) is 0 Å². The average molecular weight is 284 g/mol. The van der Waals surface area contributed by atoms with Gasteiger partial charge in [0.2, 0.25) is 0 Å². The summed E-state index contributed by atoms with van der Waals surface area (Å²) in [6.07, 6.45) is 4.21. The fourth-order valence-corrected chi connectivity index (χ4v) is 3.40. The largest absolute Gasteiger partial charge is 0.356 e. The summed E-state index contributed by atoms with van der Waals surface area (Å²) in [4.78, 5) is 12.1. The number of fused-ring (bicyclic) bond motifs is 1. The first-order valence-corrected chi connectivity index (χ1v) is 6.60. The van der Waals surface area contributed by atoms with E-state index in [1.165, 1.54) is 18.2 Å². The van der Waals surface area contributed by atoms with Crippen LogP contribution < -0.4 is 4.90 Å². The molecule has 2 aromatic rings. The highest BCUT2D eigenvalue weighted by molar-refractivity contribution is 9.11. The summed E-state index contributed by atoms with van der Waals surface area (Å²) < 4.78 is 1.12. The van der Waals surface area contributed by atoms with Crippen LogP contribution in [0.3, 0.4) is 0 Å². The SMILES string of the molecule is Brc1cc2c(N3CCCC3)ncnc2s1. The van der Waals surface area contributed by atoms with E-state index in [-0.39, 0.29) is 0 Å². The molecule has 15 heavy (non-hydrogen) atoms. The first kappa shape index (κ1) is 9.54.